The average molecular weight is 455 g/mol. The second-order valence-corrected chi connectivity index (χ2v) is 7.27. The minimum Gasteiger partial charge on any atom is -0.454 e. The van der Waals surface area contributed by atoms with E-state index >= 15 is 0 Å². The lowest BCUT2D eigenvalue weighted by atomic mass is 10.1. The molecule has 0 radical (unpaired) electrons. The summed E-state index contributed by atoms with van der Waals surface area (Å²) in [6.45, 7) is 0.153. The number of nitrogens with zero attached hydrogens (tertiary/aromatic N) is 4. The van der Waals surface area contributed by atoms with E-state index in [0.29, 0.717) is 22.6 Å². The Hall–Kier alpha value is -4.15. The highest BCUT2D eigenvalue weighted by Gasteiger charge is 2.37. The van der Waals surface area contributed by atoms with Gasteiger partial charge in [-0.1, -0.05) is 6.08 Å². The number of nitrogens with one attached hydrogen (secondary N) is 1. The number of allylic oxidation sites excluding steroid dienone is 1. The summed E-state index contributed by atoms with van der Waals surface area (Å²) in [6, 6.07) is 8.52. The van der Waals surface area contributed by atoms with E-state index in [9.17, 15) is 18.0 Å². The summed E-state index contributed by atoms with van der Waals surface area (Å²) in [7, 11) is 0. The van der Waals surface area contributed by atoms with Crippen LogP contribution in [0.3, 0.4) is 0 Å². The zero-order valence-electron chi connectivity index (χ0n) is 16.9. The van der Waals surface area contributed by atoms with Crippen molar-refractivity contribution in [2.75, 3.05) is 13.3 Å². The quantitative estimate of drug-likeness (QED) is 0.655. The minimum atomic E-state index is -4.63. The van der Waals surface area contributed by atoms with Gasteiger partial charge in [0.25, 0.3) is 5.91 Å². The van der Waals surface area contributed by atoms with Crippen LogP contribution in [0.5, 0.6) is 11.5 Å². The van der Waals surface area contributed by atoms with Gasteiger partial charge in [0.15, 0.2) is 17.2 Å². The van der Waals surface area contributed by atoms with Crippen LogP contribution in [0.2, 0.25) is 0 Å². The lowest BCUT2D eigenvalue weighted by Gasteiger charge is -2.18. The molecule has 33 heavy (non-hydrogen) atoms. The third-order valence-electron chi connectivity index (χ3n) is 5.05. The first-order valence-electron chi connectivity index (χ1n) is 9.90. The maximum absolute atomic E-state index is 13.6. The van der Waals surface area contributed by atoms with Crippen molar-refractivity contribution in [3.8, 4) is 22.8 Å². The molecule has 2 aliphatic rings. The Balaban J connectivity index is 1.33. The number of carbonyl (C=O) groups excluding carboxylic acids is 1. The van der Waals surface area contributed by atoms with Crippen LogP contribution in [-0.4, -0.2) is 45.9 Å². The molecule has 2 aliphatic heterocycles. The fraction of sp³-hybridized carbons (Fsp3) is 0.182. The van der Waals surface area contributed by atoms with Crippen LogP contribution in [0, 0.1) is 0 Å². The van der Waals surface area contributed by atoms with Crippen LogP contribution in [0.4, 0.5) is 13.2 Å². The van der Waals surface area contributed by atoms with Crippen molar-refractivity contribution in [2.45, 2.75) is 12.2 Å². The van der Waals surface area contributed by atoms with Crippen molar-refractivity contribution in [1.29, 1.82) is 0 Å². The number of halogens is 3. The summed E-state index contributed by atoms with van der Waals surface area (Å²) >= 11 is 0. The van der Waals surface area contributed by atoms with Gasteiger partial charge in [0.05, 0.1) is 18.3 Å². The SMILES string of the molecule is O=C(NC1C=CC(n2nc(-c3cccnc3)cc2C(F)(F)F)=NC1)c1ccc2c(c1)OCO2. The van der Waals surface area contributed by atoms with Gasteiger partial charge in [0.1, 0.15) is 5.84 Å². The van der Waals surface area contributed by atoms with E-state index in [2.05, 4.69) is 20.4 Å². The Kier molecular flexibility index (Phi) is 5.08. The van der Waals surface area contributed by atoms with E-state index < -0.39 is 17.9 Å². The van der Waals surface area contributed by atoms with Gasteiger partial charge >= 0.3 is 6.18 Å². The first-order valence-corrected chi connectivity index (χ1v) is 9.90. The number of ether oxygens (including phenoxy) is 2. The molecule has 0 saturated carbocycles. The molecule has 0 saturated heterocycles. The van der Waals surface area contributed by atoms with Crippen LogP contribution >= 0.6 is 0 Å². The van der Waals surface area contributed by atoms with Gasteiger partial charge in [-0.05, 0) is 42.5 Å². The topological polar surface area (TPSA) is 90.6 Å². The molecule has 1 N–H and O–H groups in total. The van der Waals surface area contributed by atoms with Gasteiger partial charge in [-0.15, -0.1) is 0 Å². The van der Waals surface area contributed by atoms with Gasteiger partial charge in [-0.3, -0.25) is 14.8 Å². The zero-order valence-corrected chi connectivity index (χ0v) is 16.9. The molecule has 1 amide bonds. The van der Waals surface area contributed by atoms with Gasteiger partial charge in [0, 0.05) is 23.5 Å². The molecule has 1 atom stereocenters. The molecule has 3 aromatic rings. The van der Waals surface area contributed by atoms with Gasteiger partial charge in [-0.25, -0.2) is 4.68 Å². The second kappa shape index (κ2) is 8.08. The second-order valence-electron chi connectivity index (χ2n) is 7.27. The molecular formula is C22H16F3N5O3. The number of pyridine rings is 1. The monoisotopic (exact) mass is 455 g/mol. The standard InChI is InChI=1S/C22H16F3N5O3/c23-22(24,25)19-9-16(14-2-1-7-26-10-14)29-30(19)20-6-4-15(11-27-20)28-21(31)13-3-5-17-18(8-13)33-12-32-17/h1-10,15H,11-12H2,(H,28,31). The van der Waals surface area contributed by atoms with Crippen LogP contribution in [-0.2, 0) is 6.18 Å². The van der Waals surface area contributed by atoms with E-state index in [-0.39, 0.29) is 30.8 Å². The number of carbonyl (C=O) groups is 1. The predicted octanol–water partition coefficient (Wildman–Crippen LogP) is 3.31. The summed E-state index contributed by atoms with van der Waals surface area (Å²) in [6.07, 6.45) is 1.32. The molecule has 0 aliphatic carbocycles. The average Bonchev–Trinajstić information content (AvgIpc) is 3.47. The number of benzene rings is 1. The smallest absolute Gasteiger partial charge is 0.433 e. The number of alkyl halides is 3. The Morgan fingerprint density at radius 2 is 2.00 bits per heavy atom. The van der Waals surface area contributed by atoms with E-state index in [1.165, 1.54) is 18.5 Å². The first kappa shape index (κ1) is 20.7. The molecule has 4 heterocycles. The summed E-state index contributed by atoms with van der Waals surface area (Å²) in [4.78, 5) is 20.7. The van der Waals surface area contributed by atoms with E-state index in [0.717, 1.165) is 10.7 Å². The molecule has 11 heteroatoms. The van der Waals surface area contributed by atoms with Crippen molar-refractivity contribution in [3.05, 3.63) is 72.2 Å². The first-order chi connectivity index (χ1) is 15.9. The molecule has 2 aromatic heterocycles. The largest absolute Gasteiger partial charge is 0.454 e. The normalized spacial score (nSPS) is 17.1. The van der Waals surface area contributed by atoms with Gasteiger partial charge in [-0.2, -0.15) is 18.3 Å². The van der Waals surface area contributed by atoms with Crippen molar-refractivity contribution < 1.29 is 27.4 Å². The maximum Gasteiger partial charge on any atom is 0.433 e. The van der Waals surface area contributed by atoms with Crippen LogP contribution in [0.25, 0.3) is 11.3 Å². The van der Waals surface area contributed by atoms with Crippen LogP contribution < -0.4 is 14.8 Å². The molecule has 1 unspecified atom stereocenters. The molecule has 0 bridgehead atoms. The number of rotatable bonds is 3. The summed E-state index contributed by atoms with van der Waals surface area (Å²) < 4.78 is 52.2. The Labute approximate surface area is 185 Å². The highest BCUT2D eigenvalue weighted by atomic mass is 19.4. The molecule has 0 fully saturated rings. The molecule has 5 rings (SSSR count). The van der Waals surface area contributed by atoms with Crippen molar-refractivity contribution in [2.24, 2.45) is 4.99 Å². The molecule has 0 spiro atoms. The number of fused-ring (bicyclic) bond motifs is 1. The highest BCUT2D eigenvalue weighted by molar-refractivity contribution is 5.97. The predicted molar refractivity (Wildman–Crippen MR) is 111 cm³/mol. The van der Waals surface area contributed by atoms with Crippen LogP contribution in [0.1, 0.15) is 16.1 Å². The minimum absolute atomic E-state index is 0.0195. The third kappa shape index (κ3) is 4.16. The number of hydrogen-bond acceptors (Lipinski definition) is 6. The molecule has 168 valence electrons. The molecule has 8 nitrogen and oxygen atoms in total. The third-order valence-corrected chi connectivity index (χ3v) is 5.05. The summed E-state index contributed by atoms with van der Waals surface area (Å²) in [5.41, 5.74) is 0.00309. The van der Waals surface area contributed by atoms with E-state index in [4.69, 9.17) is 9.47 Å². The van der Waals surface area contributed by atoms with E-state index in [1.807, 2.05) is 0 Å². The fourth-order valence-corrected chi connectivity index (χ4v) is 3.44. The van der Waals surface area contributed by atoms with E-state index in [1.54, 1.807) is 36.4 Å². The Morgan fingerprint density at radius 3 is 2.73 bits per heavy atom. The number of aromatic nitrogens is 3. The lowest BCUT2D eigenvalue weighted by Crippen LogP contribution is -2.38. The van der Waals surface area contributed by atoms with Crippen molar-refractivity contribution in [3.63, 3.8) is 0 Å². The number of aliphatic imine (C=N–C) groups is 1. The van der Waals surface area contributed by atoms with Gasteiger partial charge in [0.2, 0.25) is 6.79 Å². The number of amides is 1. The fourth-order valence-electron chi connectivity index (χ4n) is 3.44. The zero-order chi connectivity index (χ0) is 23.0. The number of dihydropyridines is 1. The maximum atomic E-state index is 13.6. The Morgan fingerprint density at radius 1 is 1.15 bits per heavy atom. The highest BCUT2D eigenvalue weighted by Crippen LogP contribution is 2.33. The lowest BCUT2D eigenvalue weighted by molar-refractivity contribution is -0.142. The van der Waals surface area contributed by atoms with Crippen molar-refractivity contribution >= 4 is 11.7 Å². The molecular weight excluding hydrogens is 439 g/mol. The molecule has 1 aromatic carbocycles. The number of hydrogen-bond donors (Lipinski definition) is 1. The summed E-state index contributed by atoms with van der Waals surface area (Å²) in [5, 5.41) is 6.88. The Bertz CT molecular complexity index is 1270. The summed E-state index contributed by atoms with van der Waals surface area (Å²) in [5.74, 6) is 0.690. The van der Waals surface area contributed by atoms with Crippen LogP contribution in [0.15, 0.2) is 65.9 Å². The van der Waals surface area contributed by atoms with Gasteiger partial charge < -0.3 is 14.8 Å². The van der Waals surface area contributed by atoms with Crippen molar-refractivity contribution in [1.82, 2.24) is 20.1 Å².